The third-order valence-corrected chi connectivity index (χ3v) is 6.00. The predicted octanol–water partition coefficient (Wildman–Crippen LogP) is 4.13. The summed E-state index contributed by atoms with van der Waals surface area (Å²) in [7, 11) is 1.71. The second kappa shape index (κ2) is 7.22. The number of hydrogen-bond acceptors (Lipinski definition) is 6. The highest BCUT2D eigenvalue weighted by molar-refractivity contribution is 7.26. The van der Waals surface area contributed by atoms with E-state index in [1.807, 2.05) is 0 Å². The molecule has 1 N–H and O–H groups in total. The van der Waals surface area contributed by atoms with Gasteiger partial charge in [0.1, 0.15) is 17.0 Å². The van der Waals surface area contributed by atoms with Gasteiger partial charge in [-0.1, -0.05) is 13.3 Å². The maximum atomic E-state index is 5.13. The van der Waals surface area contributed by atoms with Crippen LogP contribution in [0, 0.1) is 0 Å². The zero-order valence-electron chi connectivity index (χ0n) is 14.9. The molecule has 1 aliphatic carbocycles. The molecule has 0 bridgehead atoms. The van der Waals surface area contributed by atoms with E-state index < -0.39 is 0 Å². The zero-order chi connectivity index (χ0) is 17.2. The minimum absolute atomic E-state index is 0.658. The number of methoxy groups -OCH3 is 1. The molecule has 3 aromatic rings. The largest absolute Gasteiger partial charge is 0.383 e. The van der Waals surface area contributed by atoms with E-state index in [0.29, 0.717) is 6.61 Å². The van der Waals surface area contributed by atoms with Crippen molar-refractivity contribution in [3.63, 3.8) is 0 Å². The molecule has 0 fully saturated rings. The van der Waals surface area contributed by atoms with Crippen molar-refractivity contribution in [3.05, 3.63) is 23.1 Å². The van der Waals surface area contributed by atoms with Gasteiger partial charge in [0.15, 0.2) is 0 Å². The fourth-order valence-electron chi connectivity index (χ4n) is 3.72. The average Bonchev–Trinajstić information content (AvgIpc) is 3.24. The first kappa shape index (κ1) is 16.7. The molecule has 0 radical (unpaired) electrons. The Kier molecular flexibility index (Phi) is 4.81. The van der Waals surface area contributed by atoms with Crippen molar-refractivity contribution in [2.45, 2.75) is 45.4 Å². The third kappa shape index (κ3) is 2.98. The Balaban J connectivity index is 1.86. The molecule has 0 saturated heterocycles. The standard InChI is InChI=1S/C19H24N4OS/c1-3-4-8-14-12-6-5-7-13(12)15-16-17(25-19(15)23-14)18(22-11-21-16)20-9-10-24-2/h11H,3-10H2,1-2H3,(H,20,21,22). The summed E-state index contributed by atoms with van der Waals surface area (Å²) >= 11 is 1.72. The molecule has 0 aliphatic heterocycles. The number of pyridine rings is 1. The summed E-state index contributed by atoms with van der Waals surface area (Å²) in [5.74, 6) is 0.895. The predicted molar refractivity (Wildman–Crippen MR) is 104 cm³/mol. The molecule has 0 saturated carbocycles. The highest BCUT2D eigenvalue weighted by Crippen LogP contribution is 2.41. The van der Waals surface area contributed by atoms with Crippen molar-refractivity contribution in [3.8, 4) is 0 Å². The molecule has 0 unspecified atom stereocenters. The van der Waals surface area contributed by atoms with Crippen molar-refractivity contribution in [2.75, 3.05) is 25.6 Å². The maximum Gasteiger partial charge on any atom is 0.147 e. The molecule has 3 heterocycles. The summed E-state index contributed by atoms with van der Waals surface area (Å²) < 4.78 is 6.25. The van der Waals surface area contributed by atoms with Gasteiger partial charge in [-0.25, -0.2) is 15.0 Å². The van der Waals surface area contributed by atoms with Crippen LogP contribution in [0.5, 0.6) is 0 Å². The number of anilines is 1. The van der Waals surface area contributed by atoms with Crippen molar-refractivity contribution in [2.24, 2.45) is 0 Å². The van der Waals surface area contributed by atoms with Gasteiger partial charge in [0.25, 0.3) is 0 Å². The van der Waals surface area contributed by atoms with Crippen LogP contribution in [0.4, 0.5) is 5.82 Å². The first-order valence-corrected chi connectivity index (χ1v) is 9.95. The van der Waals surface area contributed by atoms with Crippen molar-refractivity contribution in [1.82, 2.24) is 15.0 Å². The number of ether oxygens (including phenoxy) is 1. The molecule has 25 heavy (non-hydrogen) atoms. The van der Waals surface area contributed by atoms with Gasteiger partial charge in [-0.2, -0.15) is 0 Å². The van der Waals surface area contributed by atoms with E-state index in [4.69, 9.17) is 9.72 Å². The Morgan fingerprint density at radius 1 is 1.24 bits per heavy atom. The lowest BCUT2D eigenvalue weighted by Gasteiger charge is -2.08. The number of fused-ring (bicyclic) bond motifs is 5. The van der Waals surface area contributed by atoms with Crippen molar-refractivity contribution in [1.29, 1.82) is 0 Å². The monoisotopic (exact) mass is 356 g/mol. The summed E-state index contributed by atoms with van der Waals surface area (Å²) in [6, 6.07) is 0. The lowest BCUT2D eigenvalue weighted by atomic mass is 10.0. The van der Waals surface area contributed by atoms with Crippen LogP contribution in [0.3, 0.4) is 0 Å². The molecular formula is C19H24N4OS. The number of thiophene rings is 1. The summed E-state index contributed by atoms with van der Waals surface area (Å²) in [5.41, 5.74) is 5.36. The van der Waals surface area contributed by atoms with Crippen LogP contribution < -0.4 is 5.32 Å². The van der Waals surface area contributed by atoms with Gasteiger partial charge in [-0.05, 0) is 43.2 Å². The number of nitrogens with zero attached hydrogens (tertiary/aromatic N) is 3. The number of aromatic nitrogens is 3. The van der Waals surface area contributed by atoms with Crippen LogP contribution >= 0.6 is 11.3 Å². The van der Waals surface area contributed by atoms with Gasteiger partial charge >= 0.3 is 0 Å². The molecule has 6 heteroatoms. The summed E-state index contributed by atoms with van der Waals surface area (Å²) in [4.78, 5) is 15.2. The Morgan fingerprint density at radius 3 is 2.96 bits per heavy atom. The molecular weight excluding hydrogens is 332 g/mol. The number of nitrogens with one attached hydrogen (secondary N) is 1. The average molecular weight is 356 g/mol. The molecule has 1 aliphatic rings. The quantitative estimate of drug-likeness (QED) is 0.645. The van der Waals surface area contributed by atoms with Crippen LogP contribution in [-0.4, -0.2) is 35.2 Å². The lowest BCUT2D eigenvalue weighted by molar-refractivity contribution is 0.210. The minimum atomic E-state index is 0.658. The van der Waals surface area contributed by atoms with Crippen molar-refractivity contribution < 1.29 is 4.74 Å². The minimum Gasteiger partial charge on any atom is -0.383 e. The second-order valence-corrected chi connectivity index (χ2v) is 7.57. The van der Waals surface area contributed by atoms with Gasteiger partial charge in [-0.15, -0.1) is 11.3 Å². The molecule has 0 aromatic carbocycles. The van der Waals surface area contributed by atoms with Crippen LogP contribution in [-0.2, 0) is 24.0 Å². The number of aryl methyl sites for hydroxylation is 2. The number of hydrogen-bond donors (Lipinski definition) is 1. The maximum absolute atomic E-state index is 5.13. The Bertz CT molecular complexity index is 905. The van der Waals surface area contributed by atoms with Gasteiger partial charge in [0.2, 0.25) is 0 Å². The summed E-state index contributed by atoms with van der Waals surface area (Å²) in [6.45, 7) is 3.64. The Morgan fingerprint density at radius 2 is 2.12 bits per heavy atom. The SMILES string of the molecule is CCCCc1nc2sc3c(NCCOC)ncnc3c2c2c1CCC2. The van der Waals surface area contributed by atoms with Gasteiger partial charge in [-0.3, -0.25) is 0 Å². The first-order valence-electron chi connectivity index (χ1n) is 9.14. The van der Waals surface area contributed by atoms with Gasteiger partial charge in [0.05, 0.1) is 16.8 Å². The normalized spacial score (nSPS) is 13.7. The fraction of sp³-hybridized carbons (Fsp3) is 0.526. The number of rotatable bonds is 7. The van der Waals surface area contributed by atoms with Gasteiger partial charge in [0, 0.05) is 24.7 Å². The molecule has 0 amide bonds. The topological polar surface area (TPSA) is 59.9 Å². The van der Waals surface area contributed by atoms with E-state index in [1.165, 1.54) is 47.9 Å². The third-order valence-electron chi connectivity index (χ3n) is 4.92. The lowest BCUT2D eigenvalue weighted by Crippen LogP contribution is -2.08. The Labute approximate surface area is 151 Å². The van der Waals surface area contributed by atoms with Crippen molar-refractivity contribution >= 4 is 37.6 Å². The second-order valence-electron chi connectivity index (χ2n) is 6.57. The smallest absolute Gasteiger partial charge is 0.147 e. The van der Waals surface area contributed by atoms with E-state index >= 15 is 0 Å². The highest BCUT2D eigenvalue weighted by atomic mass is 32.1. The molecule has 3 aromatic heterocycles. The van der Waals surface area contributed by atoms with Crippen LogP contribution in [0.1, 0.15) is 43.0 Å². The summed E-state index contributed by atoms with van der Waals surface area (Å²) in [5, 5.41) is 4.64. The van der Waals surface area contributed by atoms with Crippen LogP contribution in [0.25, 0.3) is 20.4 Å². The molecule has 4 rings (SSSR count). The fourth-order valence-corrected chi connectivity index (χ4v) is 4.87. The molecule has 0 atom stereocenters. The van der Waals surface area contributed by atoms with Crippen LogP contribution in [0.2, 0.25) is 0 Å². The zero-order valence-corrected chi connectivity index (χ0v) is 15.7. The molecule has 5 nitrogen and oxygen atoms in total. The van der Waals surface area contributed by atoms with E-state index in [1.54, 1.807) is 24.8 Å². The van der Waals surface area contributed by atoms with E-state index in [0.717, 1.165) is 40.3 Å². The summed E-state index contributed by atoms with van der Waals surface area (Å²) in [6.07, 6.45) is 8.72. The van der Waals surface area contributed by atoms with E-state index in [9.17, 15) is 0 Å². The first-order chi connectivity index (χ1) is 12.3. The number of unbranched alkanes of at least 4 members (excludes halogenated alkanes) is 1. The highest BCUT2D eigenvalue weighted by Gasteiger charge is 2.23. The van der Waals surface area contributed by atoms with Crippen LogP contribution in [0.15, 0.2) is 6.33 Å². The van der Waals surface area contributed by atoms with E-state index in [-0.39, 0.29) is 0 Å². The van der Waals surface area contributed by atoms with E-state index in [2.05, 4.69) is 22.2 Å². The molecule has 0 spiro atoms. The van der Waals surface area contributed by atoms with Gasteiger partial charge < -0.3 is 10.1 Å². The Hall–Kier alpha value is -1.79. The molecule has 132 valence electrons.